The summed E-state index contributed by atoms with van der Waals surface area (Å²) in [5.74, 6) is 0. The van der Waals surface area contributed by atoms with Gasteiger partial charge < -0.3 is 0 Å². The average Bonchev–Trinajstić information content (AvgIpc) is 1.62. The van der Waals surface area contributed by atoms with E-state index in [4.69, 9.17) is 0 Å². The summed E-state index contributed by atoms with van der Waals surface area (Å²) in [5.41, 5.74) is 0. The molecule has 5 heteroatoms. The van der Waals surface area contributed by atoms with Crippen LogP contribution >= 0.6 is 11.6 Å². The highest BCUT2D eigenvalue weighted by Gasteiger charge is 2.32. The maximum Gasteiger partial charge on any atom is 0.429 e. The van der Waals surface area contributed by atoms with Crippen LogP contribution in [-0.2, 0) is 0 Å². The second-order valence-electron chi connectivity index (χ2n) is 0.955. The quantitative estimate of drug-likeness (QED) is 0.463. The molecule has 0 aromatic heterocycles. The van der Waals surface area contributed by atoms with E-state index in [1.54, 1.807) is 0 Å². The zero-order valence-electron chi connectivity index (χ0n) is 3.47. The fourth-order valence-electron chi connectivity index (χ4n) is 0.0619. The van der Waals surface area contributed by atoms with Gasteiger partial charge in [-0.1, -0.05) is 11.6 Å². The highest BCUT2D eigenvalue weighted by molar-refractivity contribution is 6.30. The van der Waals surface area contributed by atoms with Crippen LogP contribution in [0.4, 0.5) is 17.6 Å². The van der Waals surface area contributed by atoms with Gasteiger partial charge in [-0.3, -0.25) is 0 Å². The normalized spacial score (nSPS) is 14.4. The summed E-state index contributed by atoms with van der Waals surface area (Å²) in [4.78, 5) is 0. The van der Waals surface area contributed by atoms with Crippen LogP contribution in [0.2, 0.25) is 0 Å². The molecule has 0 aromatic rings. The lowest BCUT2D eigenvalue weighted by Crippen LogP contribution is -2.05. The molecular formula is C3HClF4. The van der Waals surface area contributed by atoms with Crippen LogP contribution in [0, 0.1) is 0 Å². The average molecular weight is 148 g/mol. The smallest absolute Gasteiger partial charge is 0.214 e. The monoisotopic (exact) mass is 148 g/mol. The van der Waals surface area contributed by atoms with Crippen molar-refractivity contribution < 1.29 is 17.6 Å². The van der Waals surface area contributed by atoms with Crippen LogP contribution in [-0.4, -0.2) is 6.18 Å². The predicted molar refractivity (Wildman–Crippen MR) is 21.1 cm³/mol. The molecular weight excluding hydrogens is 147 g/mol. The number of hydrogen-bond donors (Lipinski definition) is 0. The van der Waals surface area contributed by atoms with E-state index in [1.165, 1.54) is 0 Å². The topological polar surface area (TPSA) is 0 Å². The van der Waals surface area contributed by atoms with Crippen LogP contribution in [0.1, 0.15) is 0 Å². The van der Waals surface area contributed by atoms with Crippen molar-refractivity contribution in [1.82, 2.24) is 0 Å². The molecule has 8 heavy (non-hydrogen) atoms. The third-order valence-corrected chi connectivity index (χ3v) is 0.663. The molecule has 0 spiro atoms. The Kier molecular flexibility index (Phi) is 2.27. The third-order valence-electron chi connectivity index (χ3n) is 0.367. The largest absolute Gasteiger partial charge is 0.429 e. The molecule has 0 aromatic carbocycles. The maximum absolute atomic E-state index is 11.0. The van der Waals surface area contributed by atoms with Gasteiger partial charge in [0.1, 0.15) is 11.4 Å². The molecule has 0 unspecified atom stereocenters. The molecule has 48 valence electrons. The number of halogens is 5. The van der Waals surface area contributed by atoms with Crippen molar-refractivity contribution in [1.29, 1.82) is 0 Å². The number of hydrogen-bond acceptors (Lipinski definition) is 0. The fourth-order valence-corrected chi connectivity index (χ4v) is 0.0619. The van der Waals surface area contributed by atoms with Crippen LogP contribution in [0.3, 0.4) is 0 Å². The molecule has 0 heterocycles. The molecule has 0 bridgehead atoms. The Bertz CT molecular complexity index is 102. The first kappa shape index (κ1) is 7.75. The van der Waals surface area contributed by atoms with Crippen LogP contribution in [0.25, 0.3) is 0 Å². The minimum Gasteiger partial charge on any atom is -0.214 e. The molecule has 0 aliphatic carbocycles. The molecule has 0 nitrogen and oxygen atoms in total. The number of rotatable bonds is 0. The van der Waals surface area contributed by atoms with Gasteiger partial charge in [0.15, 0.2) is 0 Å². The van der Waals surface area contributed by atoms with Gasteiger partial charge in [-0.05, 0) is 0 Å². The summed E-state index contributed by atoms with van der Waals surface area (Å²) in [6.07, 6.45) is -5.43. The SMILES string of the molecule is F/C=C(/Cl)C(F)(F)F. The molecule has 0 aliphatic rings. The number of allylic oxidation sites excluding steroid dienone is 1. The zero-order chi connectivity index (χ0) is 6.78. The Morgan fingerprint density at radius 3 is 1.75 bits per heavy atom. The van der Waals surface area contributed by atoms with E-state index in [0.717, 1.165) is 0 Å². The lowest BCUT2D eigenvalue weighted by molar-refractivity contribution is -0.0853. The van der Waals surface area contributed by atoms with E-state index < -0.39 is 17.5 Å². The lowest BCUT2D eigenvalue weighted by Gasteiger charge is -1.99. The molecule has 0 atom stereocenters. The minimum absolute atomic E-state index is 0.693. The summed E-state index contributed by atoms with van der Waals surface area (Å²) < 4.78 is 43.9. The van der Waals surface area contributed by atoms with Crippen LogP contribution in [0.5, 0.6) is 0 Å². The summed E-state index contributed by atoms with van der Waals surface area (Å²) in [6.45, 7) is 0. The highest BCUT2D eigenvalue weighted by atomic mass is 35.5. The van der Waals surface area contributed by atoms with Crippen molar-refractivity contribution in [2.45, 2.75) is 6.18 Å². The summed E-state index contributed by atoms with van der Waals surface area (Å²) in [6, 6.07) is 0. The summed E-state index contributed by atoms with van der Waals surface area (Å²) in [5, 5.41) is -1.74. The second kappa shape index (κ2) is 2.35. The predicted octanol–water partition coefficient (Wildman–Crippen LogP) is 2.60. The second-order valence-corrected chi connectivity index (χ2v) is 1.36. The highest BCUT2D eigenvalue weighted by Crippen LogP contribution is 2.28. The van der Waals surface area contributed by atoms with Gasteiger partial charge >= 0.3 is 6.18 Å². The van der Waals surface area contributed by atoms with E-state index in [1.807, 2.05) is 0 Å². The first-order valence-electron chi connectivity index (χ1n) is 1.51. The van der Waals surface area contributed by atoms with E-state index in [-0.39, 0.29) is 0 Å². The van der Waals surface area contributed by atoms with Crippen LogP contribution < -0.4 is 0 Å². The molecule has 0 amide bonds. The summed E-state index contributed by atoms with van der Waals surface area (Å²) >= 11 is 4.30. The van der Waals surface area contributed by atoms with E-state index >= 15 is 0 Å². The van der Waals surface area contributed by atoms with E-state index in [9.17, 15) is 17.6 Å². The van der Waals surface area contributed by atoms with E-state index in [0.29, 0.717) is 0 Å². The standard InChI is InChI=1S/C3HClF4/c4-2(1-5)3(6,7)8/h1H/b2-1+. The first-order valence-corrected chi connectivity index (χ1v) is 1.89. The van der Waals surface area contributed by atoms with Gasteiger partial charge in [-0.2, -0.15) is 13.2 Å². The van der Waals surface area contributed by atoms with Crippen molar-refractivity contribution in [3.63, 3.8) is 0 Å². The van der Waals surface area contributed by atoms with Crippen molar-refractivity contribution in [3.8, 4) is 0 Å². The molecule has 0 aliphatic heterocycles. The zero-order valence-corrected chi connectivity index (χ0v) is 4.22. The summed E-state index contributed by atoms with van der Waals surface area (Å²) in [7, 11) is 0. The van der Waals surface area contributed by atoms with Crippen molar-refractivity contribution in [3.05, 3.63) is 11.4 Å². The fraction of sp³-hybridized carbons (Fsp3) is 0.333. The molecule has 0 rings (SSSR count). The Morgan fingerprint density at radius 2 is 1.75 bits per heavy atom. The third kappa shape index (κ3) is 2.16. The molecule has 0 N–H and O–H groups in total. The molecule has 0 fully saturated rings. The number of alkyl halides is 3. The Labute approximate surface area is 47.7 Å². The van der Waals surface area contributed by atoms with Crippen molar-refractivity contribution in [2.75, 3.05) is 0 Å². The van der Waals surface area contributed by atoms with Crippen molar-refractivity contribution in [2.24, 2.45) is 0 Å². The van der Waals surface area contributed by atoms with Gasteiger partial charge in [0, 0.05) is 0 Å². The van der Waals surface area contributed by atoms with Gasteiger partial charge in [0.25, 0.3) is 0 Å². The van der Waals surface area contributed by atoms with E-state index in [2.05, 4.69) is 11.6 Å². The Morgan fingerprint density at radius 1 is 1.38 bits per heavy atom. The lowest BCUT2D eigenvalue weighted by atomic mass is 10.6. The van der Waals surface area contributed by atoms with Gasteiger partial charge in [0.2, 0.25) is 0 Å². The van der Waals surface area contributed by atoms with Crippen molar-refractivity contribution >= 4 is 11.6 Å². The maximum atomic E-state index is 11.0. The molecule has 0 saturated carbocycles. The Balaban J connectivity index is 4.03. The van der Waals surface area contributed by atoms with Gasteiger partial charge in [-0.25, -0.2) is 4.39 Å². The molecule has 0 radical (unpaired) electrons. The minimum atomic E-state index is -4.74. The molecule has 0 saturated heterocycles. The van der Waals surface area contributed by atoms with Gasteiger partial charge in [-0.15, -0.1) is 0 Å². The van der Waals surface area contributed by atoms with Crippen LogP contribution in [0.15, 0.2) is 11.4 Å². The Hall–Kier alpha value is -0.250. The van der Waals surface area contributed by atoms with Gasteiger partial charge in [0.05, 0.1) is 0 Å². The first-order chi connectivity index (χ1) is 3.48.